The van der Waals surface area contributed by atoms with Gasteiger partial charge in [0.15, 0.2) is 0 Å². The highest BCUT2D eigenvalue weighted by atomic mass is 16.2. The molecule has 3 N–H and O–H groups in total. The molecule has 0 aromatic heterocycles. The minimum atomic E-state index is -0.440. The van der Waals surface area contributed by atoms with Gasteiger partial charge in [-0.05, 0) is 32.6 Å². The second-order valence-electron chi connectivity index (χ2n) is 5.93. The predicted octanol–water partition coefficient (Wildman–Crippen LogP) is 0.489. The lowest BCUT2D eigenvalue weighted by Gasteiger charge is -2.33. The van der Waals surface area contributed by atoms with Crippen molar-refractivity contribution in [2.24, 2.45) is 11.7 Å². The second-order valence-corrected chi connectivity index (χ2v) is 5.93. The van der Waals surface area contributed by atoms with E-state index in [1.165, 1.54) is 6.92 Å². The molecule has 0 unspecified atom stereocenters. The third-order valence-corrected chi connectivity index (χ3v) is 3.21. The van der Waals surface area contributed by atoms with Crippen molar-refractivity contribution in [3.8, 4) is 0 Å². The largest absolute Gasteiger partial charge is 0.356 e. The molecule has 0 bridgehead atoms. The topological polar surface area (TPSA) is 75.4 Å². The number of hydrogen-bond acceptors (Lipinski definition) is 3. The van der Waals surface area contributed by atoms with Crippen LogP contribution in [0.5, 0.6) is 0 Å². The number of hydrogen-bond donors (Lipinski definition) is 2. The van der Waals surface area contributed by atoms with E-state index in [1.54, 1.807) is 0 Å². The van der Waals surface area contributed by atoms with Crippen LogP contribution in [-0.2, 0) is 9.59 Å². The Bertz CT molecular complexity index is 302. The first-order valence-electron chi connectivity index (χ1n) is 6.59. The Balaban J connectivity index is 2.30. The molecule has 5 heteroatoms. The summed E-state index contributed by atoms with van der Waals surface area (Å²) < 4.78 is 0. The summed E-state index contributed by atoms with van der Waals surface area (Å²) >= 11 is 0. The lowest BCUT2D eigenvalue weighted by molar-refractivity contribution is -0.133. The van der Waals surface area contributed by atoms with Crippen molar-refractivity contribution in [1.29, 1.82) is 0 Å². The highest BCUT2D eigenvalue weighted by Crippen LogP contribution is 2.18. The fourth-order valence-corrected chi connectivity index (χ4v) is 2.18. The third-order valence-electron chi connectivity index (χ3n) is 3.21. The van der Waals surface area contributed by atoms with Gasteiger partial charge in [-0.1, -0.05) is 0 Å². The summed E-state index contributed by atoms with van der Waals surface area (Å²) in [5, 5.41) is 2.84. The van der Waals surface area contributed by atoms with Crippen LogP contribution in [0.1, 0.15) is 40.0 Å². The van der Waals surface area contributed by atoms with Gasteiger partial charge in [0.25, 0.3) is 0 Å². The molecule has 1 aliphatic rings. The maximum Gasteiger partial charge on any atom is 0.224 e. The quantitative estimate of drug-likeness (QED) is 0.767. The zero-order valence-electron chi connectivity index (χ0n) is 11.7. The van der Waals surface area contributed by atoms with Crippen molar-refractivity contribution >= 4 is 11.8 Å². The van der Waals surface area contributed by atoms with Crippen LogP contribution in [0, 0.1) is 5.92 Å². The Kier molecular flexibility index (Phi) is 5.14. The number of nitrogens with one attached hydrogen (secondary N) is 1. The van der Waals surface area contributed by atoms with Gasteiger partial charge < -0.3 is 16.0 Å². The minimum Gasteiger partial charge on any atom is -0.356 e. The number of piperidine rings is 1. The first-order chi connectivity index (χ1) is 8.28. The average molecular weight is 255 g/mol. The van der Waals surface area contributed by atoms with Crippen LogP contribution in [0.25, 0.3) is 0 Å². The smallest absolute Gasteiger partial charge is 0.224 e. The second kappa shape index (κ2) is 6.18. The van der Waals surface area contributed by atoms with Gasteiger partial charge in [0, 0.05) is 38.5 Å². The van der Waals surface area contributed by atoms with Crippen LogP contribution in [-0.4, -0.2) is 41.9 Å². The zero-order valence-corrected chi connectivity index (χ0v) is 11.7. The predicted molar refractivity (Wildman–Crippen MR) is 70.9 cm³/mol. The lowest BCUT2D eigenvalue weighted by Crippen LogP contribution is -2.45. The van der Waals surface area contributed by atoms with E-state index in [0.29, 0.717) is 12.3 Å². The van der Waals surface area contributed by atoms with Crippen LogP contribution in [0.2, 0.25) is 0 Å². The molecule has 18 heavy (non-hydrogen) atoms. The van der Waals surface area contributed by atoms with Gasteiger partial charge >= 0.3 is 0 Å². The van der Waals surface area contributed by atoms with E-state index >= 15 is 0 Å². The van der Waals surface area contributed by atoms with Crippen molar-refractivity contribution in [2.75, 3.05) is 19.6 Å². The molecule has 1 heterocycles. The van der Waals surface area contributed by atoms with E-state index in [9.17, 15) is 9.59 Å². The summed E-state index contributed by atoms with van der Waals surface area (Å²) in [4.78, 5) is 24.7. The van der Waals surface area contributed by atoms with Gasteiger partial charge in [-0.25, -0.2) is 0 Å². The van der Waals surface area contributed by atoms with E-state index < -0.39 is 5.54 Å². The van der Waals surface area contributed by atoms with Gasteiger partial charge in [0.1, 0.15) is 0 Å². The van der Waals surface area contributed by atoms with Gasteiger partial charge in [-0.3, -0.25) is 9.59 Å². The van der Waals surface area contributed by atoms with E-state index in [1.807, 2.05) is 18.7 Å². The summed E-state index contributed by atoms with van der Waals surface area (Å²) in [5.74, 6) is 0.641. The monoisotopic (exact) mass is 255 g/mol. The Hall–Kier alpha value is -1.10. The van der Waals surface area contributed by atoms with Crippen LogP contribution >= 0.6 is 0 Å². The summed E-state index contributed by atoms with van der Waals surface area (Å²) in [5.41, 5.74) is 5.42. The Labute approximate surface area is 109 Å². The van der Waals surface area contributed by atoms with Crippen LogP contribution in [0.4, 0.5) is 0 Å². The van der Waals surface area contributed by atoms with E-state index in [4.69, 9.17) is 5.73 Å². The summed E-state index contributed by atoms with van der Waals surface area (Å²) in [6.07, 6.45) is 2.30. The number of nitrogens with zero attached hydrogens (tertiary/aromatic N) is 1. The molecule has 0 spiro atoms. The molecule has 1 rings (SSSR count). The first kappa shape index (κ1) is 15.0. The standard InChI is InChI=1S/C13H25N3O2/c1-10(17)15-9-11-4-6-16(7-5-11)12(18)8-13(2,3)14/h11H,4-9,14H2,1-3H3,(H,15,17). The number of nitrogens with two attached hydrogens (primary N) is 1. The van der Waals surface area contributed by atoms with Crippen molar-refractivity contribution in [3.05, 3.63) is 0 Å². The Morgan fingerprint density at radius 1 is 1.33 bits per heavy atom. The maximum atomic E-state index is 12.0. The minimum absolute atomic E-state index is 0.0124. The molecule has 0 saturated carbocycles. The molecule has 104 valence electrons. The fourth-order valence-electron chi connectivity index (χ4n) is 2.18. The molecule has 0 atom stereocenters. The molecule has 5 nitrogen and oxygen atoms in total. The summed E-state index contributed by atoms with van der Waals surface area (Å²) in [6, 6.07) is 0. The van der Waals surface area contributed by atoms with Crippen LogP contribution in [0.15, 0.2) is 0 Å². The highest BCUT2D eigenvalue weighted by Gasteiger charge is 2.25. The molecular weight excluding hydrogens is 230 g/mol. The highest BCUT2D eigenvalue weighted by molar-refractivity contribution is 5.77. The number of carbonyl (C=O) groups excluding carboxylic acids is 2. The molecule has 2 amide bonds. The van der Waals surface area contributed by atoms with Crippen LogP contribution in [0.3, 0.4) is 0 Å². The van der Waals surface area contributed by atoms with Crippen molar-refractivity contribution < 1.29 is 9.59 Å². The van der Waals surface area contributed by atoms with E-state index in [2.05, 4.69) is 5.32 Å². The number of amides is 2. The van der Waals surface area contributed by atoms with E-state index in [-0.39, 0.29) is 11.8 Å². The maximum absolute atomic E-state index is 12.0. The normalized spacial score (nSPS) is 17.7. The molecule has 0 aromatic carbocycles. The summed E-state index contributed by atoms with van der Waals surface area (Å²) in [6.45, 7) is 7.54. The molecule has 1 fully saturated rings. The first-order valence-corrected chi connectivity index (χ1v) is 6.59. The number of likely N-dealkylation sites (tertiary alicyclic amines) is 1. The lowest BCUT2D eigenvalue weighted by atomic mass is 9.95. The third kappa shape index (κ3) is 5.49. The van der Waals surface area contributed by atoms with Gasteiger partial charge in [-0.2, -0.15) is 0 Å². The van der Waals surface area contributed by atoms with Gasteiger partial charge in [-0.15, -0.1) is 0 Å². The Morgan fingerprint density at radius 3 is 2.33 bits per heavy atom. The zero-order chi connectivity index (χ0) is 13.8. The van der Waals surface area contributed by atoms with Crippen LogP contribution < -0.4 is 11.1 Å². The number of carbonyl (C=O) groups is 2. The molecule has 1 saturated heterocycles. The molecule has 0 aromatic rings. The average Bonchev–Trinajstić information content (AvgIpc) is 2.24. The molecule has 1 aliphatic heterocycles. The number of rotatable bonds is 4. The van der Waals surface area contributed by atoms with Crippen molar-refractivity contribution in [2.45, 2.75) is 45.6 Å². The fraction of sp³-hybridized carbons (Fsp3) is 0.846. The van der Waals surface area contributed by atoms with Crippen molar-refractivity contribution in [1.82, 2.24) is 10.2 Å². The van der Waals surface area contributed by atoms with Crippen molar-refractivity contribution in [3.63, 3.8) is 0 Å². The van der Waals surface area contributed by atoms with E-state index in [0.717, 1.165) is 32.5 Å². The Morgan fingerprint density at radius 2 is 1.89 bits per heavy atom. The van der Waals surface area contributed by atoms with Gasteiger partial charge in [0.05, 0.1) is 0 Å². The molecule has 0 radical (unpaired) electrons. The SMILES string of the molecule is CC(=O)NCC1CCN(C(=O)CC(C)(C)N)CC1. The molecule has 0 aliphatic carbocycles. The van der Waals surface area contributed by atoms with Gasteiger partial charge in [0.2, 0.25) is 11.8 Å². The summed E-state index contributed by atoms with van der Waals surface area (Å²) in [7, 11) is 0. The molecular formula is C13H25N3O2.